The summed E-state index contributed by atoms with van der Waals surface area (Å²) in [5.74, 6) is 1.68. The summed E-state index contributed by atoms with van der Waals surface area (Å²) >= 11 is 5.77. The van der Waals surface area contributed by atoms with Crippen molar-refractivity contribution in [1.82, 2.24) is 15.1 Å². The Hall–Kier alpha value is -1.92. The van der Waals surface area contributed by atoms with Crippen LogP contribution < -0.4 is 10.1 Å². The molecular formula is C24H31N3O2S. The summed E-state index contributed by atoms with van der Waals surface area (Å²) in [7, 11) is 1.58. The third-order valence-electron chi connectivity index (χ3n) is 7.49. The molecule has 1 aromatic rings. The molecule has 6 heteroatoms. The Bertz CT molecular complexity index is 870. The molecule has 0 radical (unpaired) electrons. The topological polar surface area (TPSA) is 44.8 Å². The van der Waals surface area contributed by atoms with E-state index in [9.17, 15) is 4.79 Å². The second-order valence-corrected chi connectivity index (χ2v) is 9.55. The first kappa shape index (κ1) is 20.0. The number of methoxy groups -OCH3 is 1. The van der Waals surface area contributed by atoms with Gasteiger partial charge in [-0.25, -0.2) is 0 Å². The molecule has 0 aromatic heterocycles. The van der Waals surface area contributed by atoms with Gasteiger partial charge in [0.25, 0.3) is 5.91 Å². The van der Waals surface area contributed by atoms with Crippen molar-refractivity contribution in [2.45, 2.75) is 50.6 Å². The van der Waals surface area contributed by atoms with Crippen molar-refractivity contribution in [2.75, 3.05) is 26.7 Å². The zero-order valence-corrected chi connectivity index (χ0v) is 18.5. The van der Waals surface area contributed by atoms with Crippen molar-refractivity contribution in [3.8, 4) is 5.75 Å². The Morgan fingerprint density at radius 3 is 2.93 bits per heavy atom. The number of fused-ring (bicyclic) bond motifs is 6. The van der Waals surface area contributed by atoms with Gasteiger partial charge in [-0.1, -0.05) is 30.2 Å². The number of nitrogens with one attached hydrogen (secondary N) is 1. The summed E-state index contributed by atoms with van der Waals surface area (Å²) in [5.41, 5.74) is 2.08. The van der Waals surface area contributed by atoms with Gasteiger partial charge in [0.15, 0.2) is 5.11 Å². The van der Waals surface area contributed by atoms with E-state index < -0.39 is 0 Å². The zero-order chi connectivity index (χ0) is 20.7. The average Bonchev–Trinajstić information content (AvgIpc) is 2.78. The fourth-order valence-corrected chi connectivity index (χ4v) is 6.57. The molecule has 5 nitrogen and oxygen atoms in total. The van der Waals surface area contributed by atoms with Gasteiger partial charge in [0.2, 0.25) is 0 Å². The van der Waals surface area contributed by atoms with Gasteiger partial charge in [-0.2, -0.15) is 0 Å². The molecule has 1 aliphatic carbocycles. The quantitative estimate of drug-likeness (QED) is 0.579. The Balaban J connectivity index is 1.35. The summed E-state index contributed by atoms with van der Waals surface area (Å²) in [6.07, 6.45) is 10.2. The number of hydrogen-bond donors (Lipinski definition) is 1. The number of rotatable bonds is 2. The summed E-state index contributed by atoms with van der Waals surface area (Å²) in [4.78, 5) is 17.9. The first-order chi connectivity index (χ1) is 14.7. The zero-order valence-electron chi connectivity index (χ0n) is 17.7. The largest absolute Gasteiger partial charge is 0.496 e. The molecule has 3 heterocycles. The predicted molar refractivity (Wildman–Crippen MR) is 122 cm³/mol. The smallest absolute Gasteiger partial charge is 0.261 e. The maximum atomic E-state index is 12.9. The first-order valence-corrected chi connectivity index (χ1v) is 11.8. The van der Waals surface area contributed by atoms with Crippen molar-refractivity contribution in [1.29, 1.82) is 0 Å². The van der Waals surface area contributed by atoms with Gasteiger partial charge in [0.1, 0.15) is 5.75 Å². The van der Waals surface area contributed by atoms with E-state index >= 15 is 0 Å². The van der Waals surface area contributed by atoms with Crippen LogP contribution in [-0.2, 0) is 0 Å². The van der Waals surface area contributed by atoms with Crippen LogP contribution in [0.4, 0.5) is 0 Å². The number of benzene rings is 1. The van der Waals surface area contributed by atoms with Crippen LogP contribution in [0.5, 0.6) is 5.75 Å². The molecule has 5 rings (SSSR count). The molecule has 3 fully saturated rings. The molecule has 3 aliphatic heterocycles. The minimum atomic E-state index is -0.193. The number of hydrogen-bond acceptors (Lipinski definition) is 4. The highest BCUT2D eigenvalue weighted by molar-refractivity contribution is 7.80. The second kappa shape index (κ2) is 8.31. The maximum Gasteiger partial charge on any atom is 0.261 e. The molecule has 4 aliphatic rings. The fraction of sp³-hybridized carbons (Fsp3) is 0.583. The summed E-state index contributed by atoms with van der Waals surface area (Å²) in [6, 6.07) is 8.38. The monoisotopic (exact) mass is 425 g/mol. The van der Waals surface area contributed by atoms with Crippen LogP contribution in [0, 0.1) is 11.8 Å². The molecule has 1 amide bonds. The summed E-state index contributed by atoms with van der Waals surface area (Å²) in [6.45, 7) is 3.32. The van der Waals surface area contributed by atoms with E-state index in [1.165, 1.54) is 45.2 Å². The van der Waals surface area contributed by atoms with Gasteiger partial charge < -0.3 is 9.64 Å². The van der Waals surface area contributed by atoms with Crippen LogP contribution >= 0.6 is 12.2 Å². The molecule has 30 heavy (non-hydrogen) atoms. The molecule has 4 unspecified atom stereocenters. The highest BCUT2D eigenvalue weighted by Gasteiger charge is 2.46. The van der Waals surface area contributed by atoms with E-state index in [4.69, 9.17) is 17.0 Å². The lowest BCUT2D eigenvalue weighted by Crippen LogP contribution is -2.61. The van der Waals surface area contributed by atoms with E-state index in [2.05, 4.69) is 21.2 Å². The average molecular weight is 426 g/mol. The molecular weight excluding hydrogens is 394 g/mol. The van der Waals surface area contributed by atoms with Crippen molar-refractivity contribution >= 4 is 23.2 Å². The van der Waals surface area contributed by atoms with Crippen LogP contribution in [0.25, 0.3) is 0 Å². The number of amides is 1. The summed E-state index contributed by atoms with van der Waals surface area (Å²) < 4.78 is 5.35. The van der Waals surface area contributed by atoms with Gasteiger partial charge in [0.05, 0.1) is 18.7 Å². The van der Waals surface area contributed by atoms with Gasteiger partial charge >= 0.3 is 0 Å². The first-order valence-electron chi connectivity index (χ1n) is 11.4. The number of likely N-dealkylation sites (tertiary alicyclic amines) is 1. The molecule has 4 atom stereocenters. The SMILES string of the molecule is COc1ccccc1C(=O)NC(=S)N1CCCC2=CC3CC(CN4CCCCC34)C21. The Labute approximate surface area is 184 Å². The lowest BCUT2D eigenvalue weighted by Gasteiger charge is -2.55. The third kappa shape index (κ3) is 3.54. The number of nitrogens with zero attached hydrogens (tertiary/aromatic N) is 2. The highest BCUT2D eigenvalue weighted by Crippen LogP contribution is 2.45. The predicted octanol–water partition coefficient (Wildman–Crippen LogP) is 3.60. The van der Waals surface area contributed by atoms with Crippen LogP contribution in [0.2, 0.25) is 0 Å². The van der Waals surface area contributed by atoms with Crippen molar-refractivity contribution < 1.29 is 9.53 Å². The van der Waals surface area contributed by atoms with Crippen LogP contribution in [-0.4, -0.2) is 59.6 Å². The van der Waals surface area contributed by atoms with Crippen LogP contribution in [0.15, 0.2) is 35.9 Å². The van der Waals surface area contributed by atoms with Gasteiger partial charge in [-0.05, 0) is 74.8 Å². The molecule has 2 bridgehead atoms. The number of carbonyl (C=O) groups excluding carboxylic acids is 1. The molecule has 0 spiro atoms. The Morgan fingerprint density at radius 1 is 1.20 bits per heavy atom. The highest BCUT2D eigenvalue weighted by atomic mass is 32.1. The molecule has 1 aromatic carbocycles. The molecule has 160 valence electrons. The standard InChI is InChI=1S/C24H31N3O2S/c1-29-21-10-3-2-8-19(21)23(28)25-24(30)27-12-6-7-16-13-17-14-18(22(16)27)15-26-11-5-4-9-20(17)26/h2-3,8,10,13,17-18,20,22H,4-7,9,11-12,14-15H2,1H3,(H,25,28,30). The molecule has 1 N–H and O–H groups in total. The lowest BCUT2D eigenvalue weighted by molar-refractivity contribution is 0.0127. The van der Waals surface area contributed by atoms with Crippen LogP contribution in [0.3, 0.4) is 0 Å². The van der Waals surface area contributed by atoms with Crippen molar-refractivity contribution in [3.05, 3.63) is 41.5 Å². The molecule has 0 saturated carbocycles. The van der Waals surface area contributed by atoms with Crippen LogP contribution in [0.1, 0.15) is 48.9 Å². The third-order valence-corrected chi connectivity index (χ3v) is 7.83. The van der Waals surface area contributed by atoms with E-state index in [1.54, 1.807) is 24.8 Å². The number of piperidine rings is 3. The van der Waals surface area contributed by atoms with Crippen molar-refractivity contribution in [3.63, 3.8) is 0 Å². The van der Waals surface area contributed by atoms with Gasteiger partial charge in [0, 0.05) is 19.1 Å². The number of carbonyl (C=O) groups is 1. The van der Waals surface area contributed by atoms with Gasteiger partial charge in [-0.15, -0.1) is 0 Å². The number of ether oxygens (including phenoxy) is 1. The normalized spacial score (nSPS) is 30.6. The van der Waals surface area contributed by atoms with E-state index in [-0.39, 0.29) is 5.91 Å². The maximum absolute atomic E-state index is 12.9. The summed E-state index contributed by atoms with van der Waals surface area (Å²) in [5, 5.41) is 3.56. The van der Waals surface area contributed by atoms with Crippen molar-refractivity contribution in [2.24, 2.45) is 11.8 Å². The Kier molecular flexibility index (Phi) is 5.54. The lowest BCUT2D eigenvalue weighted by atomic mass is 9.68. The molecule has 3 saturated heterocycles. The number of para-hydroxylation sites is 1. The van der Waals surface area contributed by atoms with E-state index in [1.807, 2.05) is 12.1 Å². The second-order valence-electron chi connectivity index (χ2n) is 9.16. The van der Waals surface area contributed by atoms with Gasteiger partial charge in [-0.3, -0.25) is 15.0 Å². The Morgan fingerprint density at radius 2 is 2.07 bits per heavy atom. The minimum absolute atomic E-state index is 0.193. The minimum Gasteiger partial charge on any atom is -0.496 e. The fourth-order valence-electron chi connectivity index (χ4n) is 6.27. The number of thiocarbonyl (C=S) groups is 1. The van der Waals surface area contributed by atoms with E-state index in [0.717, 1.165) is 19.0 Å². The van der Waals surface area contributed by atoms with E-state index in [0.29, 0.717) is 34.3 Å².